The smallest absolute Gasteiger partial charge is 0.261 e. The Morgan fingerprint density at radius 3 is 2.67 bits per heavy atom. The fourth-order valence-corrected chi connectivity index (χ4v) is 2.27. The minimum absolute atomic E-state index is 0.630. The zero-order valence-corrected chi connectivity index (χ0v) is 10.5. The molecule has 3 aromatic rings. The zero-order chi connectivity index (χ0) is 12.4. The van der Waals surface area contributed by atoms with Gasteiger partial charge in [0, 0.05) is 0 Å². The van der Waals surface area contributed by atoms with E-state index >= 15 is 0 Å². The Morgan fingerprint density at radius 1 is 1.06 bits per heavy atom. The molecule has 0 saturated carbocycles. The maximum Gasteiger partial charge on any atom is 0.261 e. The maximum absolute atomic E-state index is 5.58. The SMILES string of the molecule is C=CSc1nc2cc(-c3ccccc3)ccc2o1. The van der Waals surface area contributed by atoms with Crippen LogP contribution in [-0.2, 0) is 0 Å². The van der Waals surface area contributed by atoms with Crippen molar-refractivity contribution >= 4 is 22.9 Å². The first-order valence-corrected chi connectivity index (χ1v) is 6.48. The van der Waals surface area contributed by atoms with Gasteiger partial charge in [-0.1, -0.05) is 43.0 Å². The van der Waals surface area contributed by atoms with E-state index in [0.29, 0.717) is 5.22 Å². The molecule has 0 aliphatic heterocycles. The predicted octanol–water partition coefficient (Wildman–Crippen LogP) is 4.73. The number of hydrogen-bond acceptors (Lipinski definition) is 3. The molecule has 0 saturated heterocycles. The molecular weight excluding hydrogens is 242 g/mol. The number of hydrogen-bond donors (Lipinski definition) is 0. The van der Waals surface area contributed by atoms with E-state index in [0.717, 1.165) is 16.7 Å². The minimum atomic E-state index is 0.630. The van der Waals surface area contributed by atoms with Gasteiger partial charge in [0.05, 0.1) is 0 Å². The van der Waals surface area contributed by atoms with E-state index in [2.05, 4.69) is 23.7 Å². The number of nitrogens with zero attached hydrogens (tertiary/aromatic N) is 1. The van der Waals surface area contributed by atoms with E-state index < -0.39 is 0 Å². The number of fused-ring (bicyclic) bond motifs is 1. The molecule has 88 valence electrons. The normalized spacial score (nSPS) is 10.7. The van der Waals surface area contributed by atoms with Crippen molar-refractivity contribution in [3.8, 4) is 11.1 Å². The molecule has 0 bridgehead atoms. The molecular formula is C15H11NOS. The summed E-state index contributed by atoms with van der Waals surface area (Å²) in [5.41, 5.74) is 4.01. The summed E-state index contributed by atoms with van der Waals surface area (Å²) in [7, 11) is 0. The highest BCUT2D eigenvalue weighted by Crippen LogP contribution is 2.27. The van der Waals surface area contributed by atoms with E-state index in [9.17, 15) is 0 Å². The third-order valence-corrected chi connectivity index (χ3v) is 3.20. The molecule has 0 atom stereocenters. The summed E-state index contributed by atoms with van der Waals surface area (Å²) < 4.78 is 5.58. The lowest BCUT2D eigenvalue weighted by molar-refractivity contribution is 0.490. The third-order valence-electron chi connectivity index (χ3n) is 2.66. The Morgan fingerprint density at radius 2 is 1.89 bits per heavy atom. The van der Waals surface area contributed by atoms with Crippen LogP contribution < -0.4 is 0 Å². The molecule has 0 aliphatic carbocycles. The van der Waals surface area contributed by atoms with Crippen LogP contribution in [0, 0.1) is 0 Å². The highest BCUT2D eigenvalue weighted by Gasteiger charge is 2.06. The first kappa shape index (κ1) is 11.1. The Bertz CT molecular complexity index is 688. The molecule has 2 aromatic carbocycles. The topological polar surface area (TPSA) is 26.0 Å². The molecule has 0 amide bonds. The van der Waals surface area contributed by atoms with Crippen LogP contribution in [0.1, 0.15) is 0 Å². The zero-order valence-electron chi connectivity index (χ0n) is 9.67. The van der Waals surface area contributed by atoms with Crippen LogP contribution in [-0.4, -0.2) is 4.98 Å². The van der Waals surface area contributed by atoms with Gasteiger partial charge < -0.3 is 4.42 Å². The van der Waals surface area contributed by atoms with Crippen molar-refractivity contribution < 1.29 is 4.42 Å². The molecule has 1 aromatic heterocycles. The molecule has 0 unspecified atom stereocenters. The molecule has 0 radical (unpaired) electrons. The molecule has 3 heteroatoms. The highest BCUT2D eigenvalue weighted by atomic mass is 32.2. The van der Waals surface area contributed by atoms with E-state index in [1.807, 2.05) is 36.4 Å². The van der Waals surface area contributed by atoms with E-state index in [-0.39, 0.29) is 0 Å². The van der Waals surface area contributed by atoms with Crippen LogP contribution >= 0.6 is 11.8 Å². The Hall–Kier alpha value is -2.00. The fourth-order valence-electron chi connectivity index (χ4n) is 1.84. The van der Waals surface area contributed by atoms with Gasteiger partial charge in [-0.2, -0.15) is 0 Å². The number of aromatic nitrogens is 1. The van der Waals surface area contributed by atoms with Gasteiger partial charge in [0.15, 0.2) is 5.58 Å². The lowest BCUT2D eigenvalue weighted by atomic mass is 10.1. The Kier molecular flexibility index (Phi) is 2.90. The number of rotatable bonds is 3. The van der Waals surface area contributed by atoms with Gasteiger partial charge in [0.2, 0.25) is 0 Å². The molecule has 2 nitrogen and oxygen atoms in total. The molecule has 18 heavy (non-hydrogen) atoms. The lowest BCUT2D eigenvalue weighted by Crippen LogP contribution is -1.76. The first-order chi connectivity index (χ1) is 8.86. The predicted molar refractivity (Wildman–Crippen MR) is 75.5 cm³/mol. The Balaban J connectivity index is 2.08. The lowest BCUT2D eigenvalue weighted by Gasteiger charge is -1.99. The quantitative estimate of drug-likeness (QED) is 0.631. The summed E-state index contributed by atoms with van der Waals surface area (Å²) in [6, 6.07) is 16.3. The summed E-state index contributed by atoms with van der Waals surface area (Å²) >= 11 is 1.39. The summed E-state index contributed by atoms with van der Waals surface area (Å²) in [6.07, 6.45) is 0. The van der Waals surface area contributed by atoms with Crippen LogP contribution in [0.15, 0.2) is 70.2 Å². The van der Waals surface area contributed by atoms with Gasteiger partial charge >= 0.3 is 0 Å². The van der Waals surface area contributed by atoms with Crippen LogP contribution in [0.4, 0.5) is 0 Å². The number of benzene rings is 2. The monoisotopic (exact) mass is 253 g/mol. The average Bonchev–Trinajstić information content (AvgIpc) is 2.81. The third kappa shape index (κ3) is 2.05. The standard InChI is InChI=1S/C15H11NOS/c1-2-18-15-16-13-10-12(8-9-14(13)17-15)11-6-4-3-5-7-11/h2-10H,1H2. The van der Waals surface area contributed by atoms with Crippen molar-refractivity contribution in [3.05, 3.63) is 60.5 Å². The average molecular weight is 253 g/mol. The van der Waals surface area contributed by atoms with E-state index in [1.54, 1.807) is 5.41 Å². The Labute approximate surface area is 109 Å². The van der Waals surface area contributed by atoms with Crippen LogP contribution in [0.3, 0.4) is 0 Å². The van der Waals surface area contributed by atoms with Crippen LogP contribution in [0.25, 0.3) is 22.2 Å². The van der Waals surface area contributed by atoms with Crippen molar-refractivity contribution in [2.24, 2.45) is 0 Å². The summed E-state index contributed by atoms with van der Waals surface area (Å²) in [4.78, 5) is 4.41. The molecule has 0 N–H and O–H groups in total. The van der Waals surface area contributed by atoms with Gasteiger partial charge in [0.25, 0.3) is 5.22 Å². The van der Waals surface area contributed by atoms with Crippen molar-refractivity contribution in [1.82, 2.24) is 4.98 Å². The van der Waals surface area contributed by atoms with Crippen molar-refractivity contribution in [2.45, 2.75) is 5.22 Å². The molecule has 3 rings (SSSR count). The maximum atomic E-state index is 5.58. The van der Waals surface area contributed by atoms with Crippen molar-refractivity contribution in [2.75, 3.05) is 0 Å². The second-order valence-electron chi connectivity index (χ2n) is 3.81. The highest BCUT2D eigenvalue weighted by molar-refractivity contribution is 8.01. The second-order valence-corrected chi connectivity index (χ2v) is 4.73. The molecule has 0 fully saturated rings. The van der Waals surface area contributed by atoms with Crippen molar-refractivity contribution in [1.29, 1.82) is 0 Å². The van der Waals surface area contributed by atoms with Crippen LogP contribution in [0.2, 0.25) is 0 Å². The summed E-state index contributed by atoms with van der Waals surface area (Å²) in [6.45, 7) is 3.65. The number of thioether (sulfide) groups is 1. The first-order valence-electron chi connectivity index (χ1n) is 5.60. The summed E-state index contributed by atoms with van der Waals surface area (Å²) in [5.74, 6) is 0. The largest absolute Gasteiger partial charge is 0.431 e. The molecule has 1 heterocycles. The van der Waals surface area contributed by atoms with E-state index in [1.165, 1.54) is 17.3 Å². The van der Waals surface area contributed by atoms with Crippen LogP contribution in [0.5, 0.6) is 0 Å². The summed E-state index contributed by atoms with van der Waals surface area (Å²) in [5, 5.41) is 2.34. The van der Waals surface area contributed by atoms with Gasteiger partial charge in [0.1, 0.15) is 5.52 Å². The minimum Gasteiger partial charge on any atom is -0.431 e. The van der Waals surface area contributed by atoms with Gasteiger partial charge in [-0.15, -0.1) is 0 Å². The van der Waals surface area contributed by atoms with Gasteiger partial charge in [-0.3, -0.25) is 0 Å². The fraction of sp³-hybridized carbons (Fsp3) is 0. The van der Waals surface area contributed by atoms with Gasteiger partial charge in [-0.05, 0) is 40.4 Å². The molecule has 0 aliphatic rings. The molecule has 0 spiro atoms. The van der Waals surface area contributed by atoms with E-state index in [4.69, 9.17) is 4.42 Å². The second kappa shape index (κ2) is 4.70. The van der Waals surface area contributed by atoms with Gasteiger partial charge in [-0.25, -0.2) is 4.98 Å². The van der Waals surface area contributed by atoms with Crippen molar-refractivity contribution in [3.63, 3.8) is 0 Å². The number of oxazole rings is 1.